The van der Waals surface area contributed by atoms with E-state index in [-0.39, 0.29) is 5.91 Å². The van der Waals surface area contributed by atoms with Crippen molar-refractivity contribution in [2.45, 2.75) is 46.2 Å². The Labute approximate surface area is 174 Å². The van der Waals surface area contributed by atoms with Crippen molar-refractivity contribution >= 4 is 11.9 Å². The molecule has 1 fully saturated rings. The van der Waals surface area contributed by atoms with Crippen molar-refractivity contribution < 1.29 is 4.79 Å². The molecule has 5 nitrogen and oxygen atoms in total. The highest BCUT2D eigenvalue weighted by Gasteiger charge is 2.17. The number of piperidine rings is 1. The molecule has 0 atom stereocenters. The zero-order chi connectivity index (χ0) is 20.5. The van der Waals surface area contributed by atoms with Crippen molar-refractivity contribution in [2.24, 2.45) is 4.99 Å². The number of carbonyl (C=O) groups is 1. The lowest BCUT2D eigenvalue weighted by Crippen LogP contribution is -2.37. The van der Waals surface area contributed by atoms with Crippen molar-refractivity contribution in [2.75, 3.05) is 19.6 Å². The number of rotatable bonds is 6. The average molecular weight is 393 g/mol. The molecule has 1 amide bonds. The number of nitrogens with one attached hydrogen (secondary N) is 2. The SMILES string of the molecule is CCNC(=NCc1cccc(C)c1)NCc1ccc(C(=O)N2CCCCC2)cc1. The van der Waals surface area contributed by atoms with E-state index in [0.717, 1.165) is 49.6 Å². The first-order valence-electron chi connectivity index (χ1n) is 10.6. The third-order valence-corrected chi connectivity index (χ3v) is 5.15. The molecule has 154 valence electrons. The minimum atomic E-state index is 0.150. The Hall–Kier alpha value is -2.82. The summed E-state index contributed by atoms with van der Waals surface area (Å²) in [5, 5.41) is 6.67. The Balaban J connectivity index is 1.56. The topological polar surface area (TPSA) is 56.7 Å². The zero-order valence-electron chi connectivity index (χ0n) is 17.6. The smallest absolute Gasteiger partial charge is 0.253 e. The van der Waals surface area contributed by atoms with Crippen LogP contribution in [0.15, 0.2) is 53.5 Å². The average Bonchev–Trinajstić information content (AvgIpc) is 2.76. The van der Waals surface area contributed by atoms with E-state index in [0.29, 0.717) is 13.1 Å². The van der Waals surface area contributed by atoms with E-state index in [1.54, 1.807) is 0 Å². The number of likely N-dealkylation sites (tertiary alicyclic amines) is 1. The maximum absolute atomic E-state index is 12.6. The molecule has 0 aliphatic carbocycles. The normalized spacial score (nSPS) is 14.6. The van der Waals surface area contributed by atoms with Crippen LogP contribution in [0.1, 0.15) is 53.2 Å². The number of aliphatic imine (C=N–C) groups is 1. The van der Waals surface area contributed by atoms with Gasteiger partial charge in [0.2, 0.25) is 0 Å². The van der Waals surface area contributed by atoms with Gasteiger partial charge in [0.1, 0.15) is 0 Å². The van der Waals surface area contributed by atoms with Crippen LogP contribution in [0.3, 0.4) is 0 Å². The van der Waals surface area contributed by atoms with Crippen LogP contribution >= 0.6 is 0 Å². The van der Waals surface area contributed by atoms with Crippen LogP contribution in [0.4, 0.5) is 0 Å². The first-order chi connectivity index (χ1) is 14.2. The highest BCUT2D eigenvalue weighted by atomic mass is 16.2. The number of benzene rings is 2. The highest BCUT2D eigenvalue weighted by molar-refractivity contribution is 5.94. The van der Waals surface area contributed by atoms with E-state index in [9.17, 15) is 4.79 Å². The molecule has 0 saturated carbocycles. The Morgan fingerprint density at radius 1 is 1.00 bits per heavy atom. The van der Waals surface area contributed by atoms with Gasteiger partial charge in [-0.05, 0) is 56.4 Å². The van der Waals surface area contributed by atoms with Crippen LogP contribution in [-0.2, 0) is 13.1 Å². The molecule has 0 unspecified atom stereocenters. The predicted octanol–water partition coefficient (Wildman–Crippen LogP) is 3.88. The molecule has 1 heterocycles. The summed E-state index contributed by atoms with van der Waals surface area (Å²) in [6, 6.07) is 16.3. The van der Waals surface area contributed by atoms with Gasteiger partial charge >= 0.3 is 0 Å². The molecule has 1 aliphatic rings. The van der Waals surface area contributed by atoms with E-state index in [1.807, 2.05) is 29.2 Å². The summed E-state index contributed by atoms with van der Waals surface area (Å²) < 4.78 is 0. The number of carbonyl (C=O) groups excluding carboxylic acids is 1. The van der Waals surface area contributed by atoms with Gasteiger partial charge in [0, 0.05) is 31.7 Å². The van der Waals surface area contributed by atoms with Crippen LogP contribution in [0.5, 0.6) is 0 Å². The number of nitrogens with zero attached hydrogens (tertiary/aromatic N) is 2. The number of guanidine groups is 1. The minimum absolute atomic E-state index is 0.150. The standard InChI is InChI=1S/C24H32N4O/c1-3-25-24(27-18-21-9-7-8-19(2)16-21)26-17-20-10-12-22(13-11-20)23(29)28-14-5-4-6-15-28/h7-13,16H,3-6,14-15,17-18H2,1-2H3,(H2,25,26,27). The van der Waals surface area contributed by atoms with Gasteiger partial charge in [-0.1, -0.05) is 42.0 Å². The molecule has 0 bridgehead atoms. The van der Waals surface area contributed by atoms with E-state index >= 15 is 0 Å². The van der Waals surface area contributed by atoms with Gasteiger partial charge in [0.15, 0.2) is 5.96 Å². The van der Waals surface area contributed by atoms with Gasteiger partial charge < -0.3 is 15.5 Å². The largest absolute Gasteiger partial charge is 0.357 e. The first kappa shape index (κ1) is 20.9. The fraction of sp³-hybridized carbons (Fsp3) is 0.417. The van der Waals surface area contributed by atoms with E-state index in [2.05, 4.69) is 53.7 Å². The van der Waals surface area contributed by atoms with E-state index in [1.165, 1.54) is 17.5 Å². The van der Waals surface area contributed by atoms with Crippen LogP contribution in [0, 0.1) is 6.92 Å². The number of hydrogen-bond donors (Lipinski definition) is 2. The molecule has 1 saturated heterocycles. The Morgan fingerprint density at radius 3 is 2.45 bits per heavy atom. The van der Waals surface area contributed by atoms with Crippen molar-refractivity contribution in [3.05, 3.63) is 70.8 Å². The zero-order valence-corrected chi connectivity index (χ0v) is 17.6. The lowest BCUT2D eigenvalue weighted by molar-refractivity contribution is 0.0724. The fourth-order valence-corrected chi connectivity index (χ4v) is 3.55. The van der Waals surface area contributed by atoms with Crippen molar-refractivity contribution in [1.82, 2.24) is 15.5 Å². The highest BCUT2D eigenvalue weighted by Crippen LogP contribution is 2.14. The summed E-state index contributed by atoms with van der Waals surface area (Å²) in [5.41, 5.74) is 4.34. The predicted molar refractivity (Wildman–Crippen MR) is 119 cm³/mol. The van der Waals surface area contributed by atoms with Crippen LogP contribution < -0.4 is 10.6 Å². The van der Waals surface area contributed by atoms with Crippen molar-refractivity contribution in [3.63, 3.8) is 0 Å². The Bertz CT molecular complexity index is 823. The molecular formula is C24H32N4O. The molecule has 2 aromatic carbocycles. The quantitative estimate of drug-likeness (QED) is 0.579. The molecule has 3 rings (SSSR count). The van der Waals surface area contributed by atoms with Gasteiger partial charge in [0.25, 0.3) is 5.91 Å². The third kappa shape index (κ3) is 6.34. The van der Waals surface area contributed by atoms with Crippen LogP contribution in [0.2, 0.25) is 0 Å². The molecule has 29 heavy (non-hydrogen) atoms. The van der Waals surface area contributed by atoms with Crippen LogP contribution in [0.25, 0.3) is 0 Å². The van der Waals surface area contributed by atoms with Gasteiger partial charge in [-0.25, -0.2) is 4.99 Å². The lowest BCUT2D eigenvalue weighted by atomic mass is 10.1. The second kappa shape index (κ2) is 10.6. The summed E-state index contributed by atoms with van der Waals surface area (Å²) in [6.07, 6.45) is 3.46. The molecule has 0 radical (unpaired) electrons. The van der Waals surface area contributed by atoms with Gasteiger partial charge in [0.05, 0.1) is 6.54 Å². The summed E-state index contributed by atoms with van der Waals surface area (Å²) >= 11 is 0. The molecule has 2 aromatic rings. The number of amides is 1. The summed E-state index contributed by atoms with van der Waals surface area (Å²) in [4.78, 5) is 19.2. The van der Waals surface area contributed by atoms with Gasteiger partial charge in [-0.2, -0.15) is 0 Å². The van der Waals surface area contributed by atoms with E-state index < -0.39 is 0 Å². The summed E-state index contributed by atoms with van der Waals surface area (Å²) in [6.45, 7) is 8.03. The molecule has 2 N–H and O–H groups in total. The summed E-state index contributed by atoms with van der Waals surface area (Å²) in [5.74, 6) is 0.944. The molecule has 0 aromatic heterocycles. The maximum Gasteiger partial charge on any atom is 0.253 e. The number of hydrogen-bond acceptors (Lipinski definition) is 2. The second-order valence-corrected chi connectivity index (χ2v) is 7.59. The Morgan fingerprint density at radius 2 is 1.76 bits per heavy atom. The Kier molecular flexibility index (Phi) is 7.68. The number of aryl methyl sites for hydroxylation is 1. The third-order valence-electron chi connectivity index (χ3n) is 5.15. The summed E-state index contributed by atoms with van der Waals surface area (Å²) in [7, 11) is 0. The van der Waals surface area contributed by atoms with E-state index in [4.69, 9.17) is 0 Å². The fourth-order valence-electron chi connectivity index (χ4n) is 3.55. The molecule has 5 heteroatoms. The van der Waals surface area contributed by atoms with Gasteiger partial charge in [-0.15, -0.1) is 0 Å². The molecular weight excluding hydrogens is 360 g/mol. The van der Waals surface area contributed by atoms with Crippen LogP contribution in [-0.4, -0.2) is 36.4 Å². The maximum atomic E-state index is 12.6. The first-order valence-corrected chi connectivity index (χ1v) is 10.6. The van der Waals surface area contributed by atoms with Crippen molar-refractivity contribution in [3.8, 4) is 0 Å². The molecule has 0 spiro atoms. The molecule has 1 aliphatic heterocycles. The van der Waals surface area contributed by atoms with Crippen molar-refractivity contribution in [1.29, 1.82) is 0 Å². The monoisotopic (exact) mass is 392 g/mol. The minimum Gasteiger partial charge on any atom is -0.357 e. The second-order valence-electron chi connectivity index (χ2n) is 7.59. The lowest BCUT2D eigenvalue weighted by Gasteiger charge is -2.26. The van der Waals surface area contributed by atoms with Gasteiger partial charge in [-0.3, -0.25) is 4.79 Å².